The van der Waals surface area contributed by atoms with E-state index in [2.05, 4.69) is 78.3 Å². The van der Waals surface area contributed by atoms with Crippen molar-refractivity contribution in [3.63, 3.8) is 0 Å². The van der Waals surface area contributed by atoms with E-state index >= 15 is 0 Å². The van der Waals surface area contributed by atoms with Crippen LogP contribution >= 0.6 is 0 Å². The predicted octanol–water partition coefficient (Wildman–Crippen LogP) is 5.63. The largest absolute Gasteiger partial charge is 0.356 e. The van der Waals surface area contributed by atoms with Crippen LogP contribution in [0, 0.1) is 0 Å². The Balaban J connectivity index is 3.48. The van der Waals surface area contributed by atoms with E-state index in [-0.39, 0.29) is 5.91 Å². The van der Waals surface area contributed by atoms with E-state index in [1.807, 2.05) is 7.05 Å². The average Bonchev–Trinajstić information content (AvgIpc) is 2.67. The van der Waals surface area contributed by atoms with E-state index in [1.54, 1.807) is 0 Å². The van der Waals surface area contributed by atoms with Gasteiger partial charge in [-0.15, -0.1) is 0 Å². The van der Waals surface area contributed by atoms with Gasteiger partial charge in [0.15, 0.2) is 0 Å². The predicted molar refractivity (Wildman–Crippen MR) is 120 cm³/mol. The molecule has 2 N–H and O–H groups in total. The normalized spacial score (nSPS) is 12.5. The van der Waals surface area contributed by atoms with Gasteiger partial charge in [-0.2, -0.15) is 0 Å². The number of carbonyl (C=O) groups excluding carboxylic acids is 1. The zero-order valence-electron chi connectivity index (χ0n) is 17.5. The molecule has 0 aromatic rings. The molecule has 0 bridgehead atoms. The zero-order chi connectivity index (χ0) is 19.8. The highest BCUT2D eigenvalue weighted by Gasteiger charge is 1.98. The Hall–Kier alpha value is -1.87. The molecule has 27 heavy (non-hydrogen) atoms. The van der Waals surface area contributed by atoms with Crippen LogP contribution in [0.15, 0.2) is 60.8 Å². The molecule has 0 spiro atoms. The van der Waals surface area contributed by atoms with E-state index in [1.165, 1.54) is 0 Å². The molecule has 0 radical (unpaired) electrons. The molecule has 0 aromatic heterocycles. The lowest BCUT2D eigenvalue weighted by Crippen LogP contribution is -2.26. The average molecular weight is 373 g/mol. The summed E-state index contributed by atoms with van der Waals surface area (Å²) in [5.41, 5.74) is 0. The summed E-state index contributed by atoms with van der Waals surface area (Å²) in [4.78, 5) is 11.6. The molecular formula is C24H40N2O. The van der Waals surface area contributed by atoms with Gasteiger partial charge in [0, 0.05) is 13.0 Å². The van der Waals surface area contributed by atoms with Gasteiger partial charge in [-0.05, 0) is 65.0 Å². The second-order valence-electron chi connectivity index (χ2n) is 6.41. The summed E-state index contributed by atoms with van der Waals surface area (Å²) in [6.45, 7) is 3.86. The third-order valence-electron chi connectivity index (χ3n) is 3.86. The Morgan fingerprint density at radius 3 is 1.74 bits per heavy atom. The second-order valence-corrected chi connectivity index (χ2v) is 6.41. The summed E-state index contributed by atoms with van der Waals surface area (Å²) in [5.74, 6) is 0.165. The summed E-state index contributed by atoms with van der Waals surface area (Å²) in [5, 5.41) is 6.01. The van der Waals surface area contributed by atoms with Crippen molar-refractivity contribution in [2.24, 2.45) is 0 Å². The van der Waals surface area contributed by atoms with Gasteiger partial charge in [-0.1, -0.05) is 67.7 Å². The second kappa shape index (κ2) is 22.2. The van der Waals surface area contributed by atoms with Crippen LogP contribution in [0.3, 0.4) is 0 Å². The molecule has 0 saturated heterocycles. The minimum Gasteiger partial charge on any atom is -0.356 e. The van der Waals surface area contributed by atoms with Gasteiger partial charge in [-0.3, -0.25) is 4.79 Å². The first kappa shape index (κ1) is 25.1. The van der Waals surface area contributed by atoms with Crippen molar-refractivity contribution in [3.05, 3.63) is 60.8 Å². The van der Waals surface area contributed by atoms with Crippen LogP contribution in [0.25, 0.3) is 0 Å². The van der Waals surface area contributed by atoms with Gasteiger partial charge >= 0.3 is 0 Å². The molecular weight excluding hydrogens is 332 g/mol. The molecule has 3 heteroatoms. The summed E-state index contributed by atoms with van der Waals surface area (Å²) >= 11 is 0. The lowest BCUT2D eigenvalue weighted by atomic mass is 10.2. The summed E-state index contributed by atoms with van der Waals surface area (Å²) < 4.78 is 0. The molecule has 0 aliphatic rings. The van der Waals surface area contributed by atoms with Gasteiger partial charge in [0.1, 0.15) is 0 Å². The van der Waals surface area contributed by atoms with Gasteiger partial charge in [0.2, 0.25) is 5.91 Å². The minimum absolute atomic E-state index is 0.165. The summed E-state index contributed by atoms with van der Waals surface area (Å²) in [6.07, 6.45) is 30.6. The molecule has 152 valence electrons. The smallest absolute Gasteiger partial charge is 0.220 e. The van der Waals surface area contributed by atoms with Gasteiger partial charge in [0.05, 0.1) is 0 Å². The van der Waals surface area contributed by atoms with Crippen LogP contribution in [0.5, 0.6) is 0 Å². The SMILES string of the molecule is CC/C=C\C/C=C\C/C=C\C/C=C\C/C=C\CCCC(=O)NCCCNC. The van der Waals surface area contributed by atoms with Crippen molar-refractivity contribution >= 4 is 5.91 Å². The first-order chi connectivity index (χ1) is 13.3. The Kier molecular flexibility index (Phi) is 20.6. The number of carbonyl (C=O) groups is 1. The number of allylic oxidation sites excluding steroid dienone is 10. The van der Waals surface area contributed by atoms with Crippen molar-refractivity contribution in [3.8, 4) is 0 Å². The van der Waals surface area contributed by atoms with E-state index < -0.39 is 0 Å². The monoisotopic (exact) mass is 372 g/mol. The van der Waals surface area contributed by atoms with E-state index in [9.17, 15) is 4.79 Å². The van der Waals surface area contributed by atoms with Gasteiger partial charge in [-0.25, -0.2) is 0 Å². The van der Waals surface area contributed by atoms with Crippen molar-refractivity contribution < 1.29 is 4.79 Å². The Bertz CT molecular complexity index is 473. The van der Waals surface area contributed by atoms with Crippen LogP contribution in [0.4, 0.5) is 0 Å². The number of unbranched alkanes of at least 4 members (excludes halogenated alkanes) is 1. The fourth-order valence-corrected chi connectivity index (χ4v) is 2.33. The van der Waals surface area contributed by atoms with Gasteiger partial charge in [0.25, 0.3) is 0 Å². The molecule has 0 heterocycles. The maximum Gasteiger partial charge on any atom is 0.220 e. The Morgan fingerprint density at radius 1 is 0.704 bits per heavy atom. The molecule has 3 nitrogen and oxygen atoms in total. The Labute approximate surface area is 167 Å². The number of hydrogen-bond acceptors (Lipinski definition) is 2. The van der Waals surface area contributed by atoms with Crippen molar-refractivity contribution in [1.29, 1.82) is 0 Å². The van der Waals surface area contributed by atoms with Crippen molar-refractivity contribution in [1.82, 2.24) is 10.6 Å². The summed E-state index contributed by atoms with van der Waals surface area (Å²) in [7, 11) is 1.92. The molecule has 0 rings (SSSR count). The topological polar surface area (TPSA) is 41.1 Å². The summed E-state index contributed by atoms with van der Waals surface area (Å²) in [6, 6.07) is 0. The molecule has 0 saturated carbocycles. The standard InChI is InChI=1S/C24H40N2O/c1-3-4-5-6-7-8-9-10-11-12-13-14-15-16-17-18-19-21-24(27)26-23-20-22-25-2/h4-5,7-8,10-11,13-14,16-17,25H,3,6,9,12,15,18-23H2,1-2H3,(H,26,27)/b5-4-,8-7-,11-10-,14-13-,17-16-. The molecule has 1 amide bonds. The fourth-order valence-electron chi connectivity index (χ4n) is 2.33. The third kappa shape index (κ3) is 22.1. The molecule has 0 atom stereocenters. The van der Waals surface area contributed by atoms with Gasteiger partial charge < -0.3 is 10.6 Å². The van der Waals surface area contributed by atoms with Crippen LogP contribution in [-0.4, -0.2) is 26.0 Å². The first-order valence-corrected chi connectivity index (χ1v) is 10.5. The number of amides is 1. The fraction of sp³-hybridized carbons (Fsp3) is 0.542. The highest BCUT2D eigenvalue weighted by atomic mass is 16.1. The Morgan fingerprint density at radius 2 is 1.22 bits per heavy atom. The van der Waals surface area contributed by atoms with Crippen molar-refractivity contribution in [2.45, 2.75) is 64.7 Å². The van der Waals surface area contributed by atoms with Crippen LogP contribution in [0.1, 0.15) is 64.7 Å². The lowest BCUT2D eigenvalue weighted by Gasteiger charge is -2.03. The number of nitrogens with one attached hydrogen (secondary N) is 2. The first-order valence-electron chi connectivity index (χ1n) is 10.5. The highest BCUT2D eigenvalue weighted by molar-refractivity contribution is 5.75. The number of rotatable bonds is 17. The van der Waals surface area contributed by atoms with E-state index in [4.69, 9.17) is 0 Å². The maximum absolute atomic E-state index is 11.6. The van der Waals surface area contributed by atoms with Crippen LogP contribution in [-0.2, 0) is 4.79 Å². The molecule has 0 aliphatic heterocycles. The van der Waals surface area contributed by atoms with E-state index in [0.717, 1.165) is 64.5 Å². The third-order valence-corrected chi connectivity index (χ3v) is 3.86. The van der Waals surface area contributed by atoms with Crippen LogP contribution in [0.2, 0.25) is 0 Å². The van der Waals surface area contributed by atoms with Crippen molar-refractivity contribution in [2.75, 3.05) is 20.1 Å². The maximum atomic E-state index is 11.6. The zero-order valence-corrected chi connectivity index (χ0v) is 17.5. The molecule has 0 fully saturated rings. The number of hydrogen-bond donors (Lipinski definition) is 2. The van der Waals surface area contributed by atoms with Crippen LogP contribution < -0.4 is 10.6 Å². The molecule has 0 aliphatic carbocycles. The molecule has 0 unspecified atom stereocenters. The molecule has 0 aromatic carbocycles. The lowest BCUT2D eigenvalue weighted by molar-refractivity contribution is -0.121. The quantitative estimate of drug-likeness (QED) is 0.256. The highest BCUT2D eigenvalue weighted by Crippen LogP contribution is 1.99. The minimum atomic E-state index is 0.165. The van der Waals surface area contributed by atoms with E-state index in [0.29, 0.717) is 6.42 Å².